The second kappa shape index (κ2) is 4.94. The number of rotatable bonds is 2. The molecule has 20 heavy (non-hydrogen) atoms. The Labute approximate surface area is 119 Å². The number of H-pyrrole nitrogens is 1. The summed E-state index contributed by atoms with van der Waals surface area (Å²) >= 11 is 0. The maximum atomic E-state index is 12.1. The van der Waals surface area contributed by atoms with Crippen molar-refractivity contribution in [3.63, 3.8) is 0 Å². The van der Waals surface area contributed by atoms with Crippen molar-refractivity contribution in [3.8, 4) is 0 Å². The predicted molar refractivity (Wildman–Crippen MR) is 81.8 cm³/mol. The van der Waals surface area contributed by atoms with Gasteiger partial charge in [-0.1, -0.05) is 20.8 Å². The lowest BCUT2D eigenvalue weighted by molar-refractivity contribution is -0.123. The summed E-state index contributed by atoms with van der Waals surface area (Å²) in [7, 11) is 0. The molecule has 1 amide bonds. The van der Waals surface area contributed by atoms with Gasteiger partial charge in [-0.15, -0.1) is 0 Å². The number of amides is 1. The van der Waals surface area contributed by atoms with E-state index in [9.17, 15) is 9.90 Å². The van der Waals surface area contributed by atoms with Crippen molar-refractivity contribution in [1.82, 2.24) is 4.98 Å². The third-order valence-corrected chi connectivity index (χ3v) is 3.66. The molecule has 0 bridgehead atoms. The van der Waals surface area contributed by atoms with Gasteiger partial charge < -0.3 is 15.4 Å². The third kappa shape index (κ3) is 2.43. The normalized spacial score (nSPS) is 11.9. The summed E-state index contributed by atoms with van der Waals surface area (Å²) in [6.45, 7) is 9.60. The van der Waals surface area contributed by atoms with Crippen molar-refractivity contribution < 1.29 is 9.90 Å². The molecule has 4 nitrogen and oxygen atoms in total. The predicted octanol–water partition coefficient (Wildman–Crippen LogP) is 3.26. The summed E-state index contributed by atoms with van der Waals surface area (Å²) in [6, 6.07) is 2.00. The van der Waals surface area contributed by atoms with Gasteiger partial charge in [-0.3, -0.25) is 4.79 Å². The summed E-state index contributed by atoms with van der Waals surface area (Å²) < 4.78 is 0. The van der Waals surface area contributed by atoms with Crippen molar-refractivity contribution >= 4 is 22.5 Å². The molecule has 0 unspecified atom stereocenters. The standard InChI is InChI=1S/C16H22N2O2/c1-9-6-12-14(10(2)11(9)8-19)13(7-17-12)18-15(20)16(3,4)5/h6-7,17,19H,8H2,1-5H3,(H,18,20). The lowest BCUT2D eigenvalue weighted by Crippen LogP contribution is -2.27. The molecule has 3 N–H and O–H groups in total. The minimum Gasteiger partial charge on any atom is -0.392 e. The molecule has 1 aromatic carbocycles. The zero-order valence-corrected chi connectivity index (χ0v) is 12.7. The Bertz CT molecular complexity index is 663. The average molecular weight is 274 g/mol. The van der Waals surface area contributed by atoms with Crippen LogP contribution in [0.2, 0.25) is 0 Å². The number of carbonyl (C=O) groups is 1. The van der Waals surface area contributed by atoms with Crippen LogP contribution in [0.1, 0.15) is 37.5 Å². The number of aliphatic hydroxyl groups is 1. The molecule has 0 radical (unpaired) electrons. The Morgan fingerprint density at radius 1 is 1.35 bits per heavy atom. The molecule has 1 aromatic heterocycles. The molecule has 0 spiro atoms. The number of fused-ring (bicyclic) bond motifs is 1. The molecule has 0 aliphatic carbocycles. The minimum atomic E-state index is -0.442. The number of carbonyl (C=O) groups excluding carboxylic acids is 1. The van der Waals surface area contributed by atoms with Gasteiger partial charge in [0.05, 0.1) is 12.3 Å². The number of aromatic amines is 1. The highest BCUT2D eigenvalue weighted by atomic mass is 16.3. The molecule has 1 heterocycles. The molecule has 0 aliphatic rings. The van der Waals surface area contributed by atoms with E-state index in [1.54, 1.807) is 0 Å². The van der Waals surface area contributed by atoms with Gasteiger partial charge in [0.1, 0.15) is 0 Å². The maximum absolute atomic E-state index is 12.1. The van der Waals surface area contributed by atoms with E-state index in [0.717, 1.165) is 33.3 Å². The molecule has 0 aliphatic heterocycles. The molecular formula is C16H22N2O2. The van der Waals surface area contributed by atoms with Crippen LogP contribution in [0.5, 0.6) is 0 Å². The van der Waals surface area contributed by atoms with Gasteiger partial charge in [0.2, 0.25) is 5.91 Å². The number of nitrogens with one attached hydrogen (secondary N) is 2. The lowest BCUT2D eigenvalue weighted by atomic mass is 9.95. The largest absolute Gasteiger partial charge is 0.392 e. The highest BCUT2D eigenvalue weighted by molar-refractivity contribution is 6.05. The van der Waals surface area contributed by atoms with Crippen LogP contribution in [0.3, 0.4) is 0 Å². The first kappa shape index (κ1) is 14.6. The summed E-state index contributed by atoms with van der Waals surface area (Å²) in [5.41, 5.74) is 4.28. The number of aliphatic hydroxyl groups excluding tert-OH is 1. The highest BCUT2D eigenvalue weighted by Gasteiger charge is 2.23. The van der Waals surface area contributed by atoms with E-state index < -0.39 is 5.41 Å². The fourth-order valence-corrected chi connectivity index (χ4v) is 2.36. The summed E-state index contributed by atoms with van der Waals surface area (Å²) in [5, 5.41) is 13.4. The fraction of sp³-hybridized carbons (Fsp3) is 0.438. The number of aryl methyl sites for hydroxylation is 2. The molecule has 0 atom stereocenters. The maximum Gasteiger partial charge on any atom is 0.229 e. The van der Waals surface area contributed by atoms with E-state index in [2.05, 4.69) is 10.3 Å². The van der Waals surface area contributed by atoms with Crippen LogP contribution in [-0.4, -0.2) is 16.0 Å². The molecule has 2 rings (SSSR count). The van der Waals surface area contributed by atoms with Gasteiger partial charge in [0.25, 0.3) is 0 Å². The lowest BCUT2D eigenvalue weighted by Gasteiger charge is -2.18. The Hall–Kier alpha value is -1.81. The summed E-state index contributed by atoms with van der Waals surface area (Å²) in [5.74, 6) is -0.0241. The minimum absolute atomic E-state index is 0.00540. The van der Waals surface area contributed by atoms with E-state index in [1.807, 2.05) is 46.9 Å². The Kier molecular flexibility index (Phi) is 3.61. The van der Waals surface area contributed by atoms with Crippen molar-refractivity contribution in [2.45, 2.75) is 41.2 Å². The molecule has 108 valence electrons. The van der Waals surface area contributed by atoms with Crippen LogP contribution in [0.25, 0.3) is 10.9 Å². The van der Waals surface area contributed by atoms with E-state index in [4.69, 9.17) is 0 Å². The van der Waals surface area contributed by atoms with Crippen LogP contribution in [0.4, 0.5) is 5.69 Å². The highest BCUT2D eigenvalue weighted by Crippen LogP contribution is 2.32. The first-order valence-electron chi connectivity index (χ1n) is 6.78. The van der Waals surface area contributed by atoms with Crippen molar-refractivity contribution in [1.29, 1.82) is 0 Å². The van der Waals surface area contributed by atoms with Gasteiger partial charge in [-0.2, -0.15) is 0 Å². The Morgan fingerprint density at radius 2 is 2.00 bits per heavy atom. The van der Waals surface area contributed by atoms with Crippen molar-refractivity contribution in [3.05, 3.63) is 29.0 Å². The molecule has 0 fully saturated rings. The number of anilines is 1. The number of hydrogen-bond donors (Lipinski definition) is 3. The zero-order valence-electron chi connectivity index (χ0n) is 12.7. The molecule has 2 aromatic rings. The smallest absolute Gasteiger partial charge is 0.229 e. The SMILES string of the molecule is Cc1cc2[nH]cc(NC(=O)C(C)(C)C)c2c(C)c1CO. The van der Waals surface area contributed by atoms with Gasteiger partial charge in [0.15, 0.2) is 0 Å². The first-order valence-corrected chi connectivity index (χ1v) is 6.78. The number of hydrogen-bond acceptors (Lipinski definition) is 2. The van der Waals surface area contributed by atoms with Crippen LogP contribution in [0, 0.1) is 19.3 Å². The quantitative estimate of drug-likeness (QED) is 0.787. The Balaban J connectivity index is 2.54. The van der Waals surface area contributed by atoms with Crippen molar-refractivity contribution in [2.75, 3.05) is 5.32 Å². The van der Waals surface area contributed by atoms with Gasteiger partial charge in [0, 0.05) is 22.5 Å². The van der Waals surface area contributed by atoms with Gasteiger partial charge in [-0.25, -0.2) is 0 Å². The topological polar surface area (TPSA) is 65.1 Å². The molecule has 0 saturated carbocycles. The number of benzene rings is 1. The molecule has 0 saturated heterocycles. The van der Waals surface area contributed by atoms with Crippen LogP contribution >= 0.6 is 0 Å². The summed E-state index contributed by atoms with van der Waals surface area (Å²) in [6.07, 6.45) is 1.81. The van der Waals surface area contributed by atoms with Crippen LogP contribution in [0.15, 0.2) is 12.3 Å². The van der Waals surface area contributed by atoms with Crippen LogP contribution < -0.4 is 5.32 Å². The Morgan fingerprint density at radius 3 is 2.55 bits per heavy atom. The first-order chi connectivity index (χ1) is 9.25. The van der Waals surface area contributed by atoms with Gasteiger partial charge in [-0.05, 0) is 36.6 Å². The zero-order chi connectivity index (χ0) is 15.1. The van der Waals surface area contributed by atoms with Crippen molar-refractivity contribution in [2.24, 2.45) is 5.41 Å². The summed E-state index contributed by atoms with van der Waals surface area (Å²) in [4.78, 5) is 15.3. The number of aromatic nitrogens is 1. The average Bonchev–Trinajstić information content (AvgIpc) is 2.71. The fourth-order valence-electron chi connectivity index (χ4n) is 2.36. The van der Waals surface area contributed by atoms with E-state index in [0.29, 0.717) is 0 Å². The second-order valence-electron chi connectivity index (χ2n) is 6.28. The van der Waals surface area contributed by atoms with E-state index >= 15 is 0 Å². The molecule has 4 heteroatoms. The molecular weight excluding hydrogens is 252 g/mol. The second-order valence-corrected chi connectivity index (χ2v) is 6.28. The van der Waals surface area contributed by atoms with Crippen LogP contribution in [-0.2, 0) is 11.4 Å². The van der Waals surface area contributed by atoms with E-state index in [1.165, 1.54) is 0 Å². The monoisotopic (exact) mass is 274 g/mol. The van der Waals surface area contributed by atoms with E-state index in [-0.39, 0.29) is 12.5 Å². The third-order valence-electron chi connectivity index (χ3n) is 3.66. The van der Waals surface area contributed by atoms with Gasteiger partial charge >= 0.3 is 0 Å².